The SMILES string of the molecule is CN1CCCN=C1NCCc1c[nH]c2cccc(Br)c12. The molecule has 0 saturated carbocycles. The first kappa shape index (κ1) is 13.5. The first-order chi connectivity index (χ1) is 9.75. The van der Waals surface area contributed by atoms with Crippen LogP contribution in [0.15, 0.2) is 33.9 Å². The van der Waals surface area contributed by atoms with Gasteiger partial charge in [0.15, 0.2) is 5.96 Å². The van der Waals surface area contributed by atoms with E-state index in [1.165, 1.54) is 16.5 Å². The second kappa shape index (κ2) is 5.87. The quantitative estimate of drug-likeness (QED) is 0.906. The van der Waals surface area contributed by atoms with Crippen LogP contribution in [-0.2, 0) is 6.42 Å². The topological polar surface area (TPSA) is 43.4 Å². The van der Waals surface area contributed by atoms with E-state index in [-0.39, 0.29) is 0 Å². The summed E-state index contributed by atoms with van der Waals surface area (Å²) in [6.07, 6.45) is 4.23. The maximum Gasteiger partial charge on any atom is 0.193 e. The minimum Gasteiger partial charge on any atom is -0.361 e. The molecule has 0 spiro atoms. The van der Waals surface area contributed by atoms with E-state index in [0.29, 0.717) is 0 Å². The van der Waals surface area contributed by atoms with Gasteiger partial charge in [-0.1, -0.05) is 22.0 Å². The number of hydrogen-bond donors (Lipinski definition) is 2. The maximum atomic E-state index is 4.52. The summed E-state index contributed by atoms with van der Waals surface area (Å²) < 4.78 is 1.15. The fourth-order valence-corrected chi connectivity index (χ4v) is 3.25. The van der Waals surface area contributed by atoms with Crippen molar-refractivity contribution in [2.75, 3.05) is 26.7 Å². The summed E-state index contributed by atoms with van der Waals surface area (Å²) in [5, 5.41) is 4.73. The zero-order valence-corrected chi connectivity index (χ0v) is 13.2. The third-order valence-corrected chi connectivity index (χ3v) is 4.35. The predicted octanol–water partition coefficient (Wildman–Crippen LogP) is 2.75. The zero-order valence-electron chi connectivity index (χ0n) is 11.6. The number of benzene rings is 1. The van der Waals surface area contributed by atoms with Crippen LogP contribution in [0.2, 0.25) is 0 Å². The molecular weight excluding hydrogens is 316 g/mol. The third-order valence-electron chi connectivity index (χ3n) is 3.69. The van der Waals surface area contributed by atoms with Gasteiger partial charge in [-0.25, -0.2) is 0 Å². The van der Waals surface area contributed by atoms with Gasteiger partial charge in [0.2, 0.25) is 0 Å². The standard InChI is InChI=1S/C15H19BrN4/c1-20-9-3-7-17-15(20)18-8-6-11-10-19-13-5-2-4-12(16)14(11)13/h2,4-5,10,19H,3,6-9H2,1H3,(H,17,18). The average Bonchev–Trinajstić information content (AvgIpc) is 2.86. The van der Waals surface area contributed by atoms with Crippen molar-refractivity contribution in [3.63, 3.8) is 0 Å². The molecule has 106 valence electrons. The Morgan fingerprint density at radius 2 is 2.35 bits per heavy atom. The van der Waals surface area contributed by atoms with Gasteiger partial charge in [0.1, 0.15) is 0 Å². The lowest BCUT2D eigenvalue weighted by molar-refractivity contribution is 0.447. The molecule has 0 atom stereocenters. The smallest absolute Gasteiger partial charge is 0.193 e. The van der Waals surface area contributed by atoms with Crippen molar-refractivity contribution in [3.8, 4) is 0 Å². The monoisotopic (exact) mass is 334 g/mol. The largest absolute Gasteiger partial charge is 0.361 e. The summed E-state index contributed by atoms with van der Waals surface area (Å²) in [6, 6.07) is 6.25. The molecule has 1 aliphatic rings. The van der Waals surface area contributed by atoms with Gasteiger partial charge in [-0.15, -0.1) is 0 Å². The molecule has 20 heavy (non-hydrogen) atoms. The minimum absolute atomic E-state index is 0.900. The van der Waals surface area contributed by atoms with Crippen LogP contribution in [-0.4, -0.2) is 42.5 Å². The summed E-state index contributed by atoms with van der Waals surface area (Å²) in [4.78, 5) is 10.0. The van der Waals surface area contributed by atoms with Crippen LogP contribution in [0.1, 0.15) is 12.0 Å². The van der Waals surface area contributed by atoms with Gasteiger partial charge in [-0.3, -0.25) is 4.99 Å². The van der Waals surface area contributed by atoms with E-state index in [2.05, 4.69) is 67.6 Å². The van der Waals surface area contributed by atoms with Crippen LogP contribution >= 0.6 is 15.9 Å². The molecule has 0 radical (unpaired) electrons. The van der Waals surface area contributed by atoms with E-state index in [0.717, 1.165) is 42.9 Å². The molecule has 1 aromatic heterocycles. The molecule has 1 aromatic carbocycles. The number of fused-ring (bicyclic) bond motifs is 1. The number of rotatable bonds is 3. The highest BCUT2D eigenvalue weighted by Gasteiger charge is 2.11. The number of H-pyrrole nitrogens is 1. The molecule has 0 bridgehead atoms. The van der Waals surface area contributed by atoms with Crippen molar-refractivity contribution in [2.24, 2.45) is 4.99 Å². The molecule has 0 saturated heterocycles. The summed E-state index contributed by atoms with van der Waals surface area (Å²) >= 11 is 3.63. The molecule has 2 aromatic rings. The molecular formula is C15H19BrN4. The van der Waals surface area contributed by atoms with E-state index in [4.69, 9.17) is 0 Å². The van der Waals surface area contributed by atoms with Crippen molar-refractivity contribution in [1.82, 2.24) is 15.2 Å². The van der Waals surface area contributed by atoms with Crippen molar-refractivity contribution in [1.29, 1.82) is 0 Å². The van der Waals surface area contributed by atoms with Gasteiger partial charge < -0.3 is 15.2 Å². The summed E-state index contributed by atoms with van der Waals surface area (Å²) in [6.45, 7) is 2.92. The van der Waals surface area contributed by atoms with Gasteiger partial charge in [0, 0.05) is 48.3 Å². The first-order valence-electron chi connectivity index (χ1n) is 6.99. The summed E-state index contributed by atoms with van der Waals surface area (Å²) in [5.74, 6) is 1.02. The van der Waals surface area contributed by atoms with Crippen LogP contribution in [0.3, 0.4) is 0 Å². The Kier molecular flexibility index (Phi) is 3.96. The van der Waals surface area contributed by atoms with Crippen molar-refractivity contribution in [2.45, 2.75) is 12.8 Å². The average molecular weight is 335 g/mol. The zero-order chi connectivity index (χ0) is 13.9. The highest BCUT2D eigenvalue weighted by atomic mass is 79.9. The highest BCUT2D eigenvalue weighted by molar-refractivity contribution is 9.10. The Labute approximate surface area is 127 Å². The molecule has 0 fully saturated rings. The number of nitrogens with one attached hydrogen (secondary N) is 2. The van der Waals surface area contributed by atoms with Crippen LogP contribution < -0.4 is 5.32 Å². The fourth-order valence-electron chi connectivity index (χ4n) is 2.62. The summed E-state index contributed by atoms with van der Waals surface area (Å²) in [5.41, 5.74) is 2.51. The Balaban J connectivity index is 1.67. The van der Waals surface area contributed by atoms with Gasteiger partial charge >= 0.3 is 0 Å². The van der Waals surface area contributed by atoms with E-state index in [1.807, 2.05) is 0 Å². The second-order valence-electron chi connectivity index (χ2n) is 5.13. The third kappa shape index (κ3) is 2.68. The van der Waals surface area contributed by atoms with Gasteiger partial charge in [0.05, 0.1) is 0 Å². The van der Waals surface area contributed by atoms with Crippen LogP contribution in [0.5, 0.6) is 0 Å². The van der Waals surface area contributed by atoms with Gasteiger partial charge in [-0.05, 0) is 30.5 Å². The summed E-state index contributed by atoms with van der Waals surface area (Å²) in [7, 11) is 2.09. The second-order valence-corrected chi connectivity index (χ2v) is 5.99. The van der Waals surface area contributed by atoms with Crippen LogP contribution in [0, 0.1) is 0 Å². The molecule has 4 nitrogen and oxygen atoms in total. The Bertz CT molecular complexity index is 632. The maximum absolute atomic E-state index is 4.52. The van der Waals surface area contributed by atoms with E-state index in [9.17, 15) is 0 Å². The molecule has 5 heteroatoms. The lowest BCUT2D eigenvalue weighted by Gasteiger charge is -2.25. The first-order valence-corrected chi connectivity index (χ1v) is 7.79. The minimum atomic E-state index is 0.900. The lowest BCUT2D eigenvalue weighted by Crippen LogP contribution is -2.42. The van der Waals surface area contributed by atoms with E-state index < -0.39 is 0 Å². The number of nitrogens with zero attached hydrogens (tertiary/aromatic N) is 2. The highest BCUT2D eigenvalue weighted by Crippen LogP contribution is 2.26. The van der Waals surface area contributed by atoms with Crippen molar-refractivity contribution >= 4 is 32.8 Å². The Morgan fingerprint density at radius 1 is 1.45 bits per heavy atom. The number of hydrogen-bond acceptors (Lipinski definition) is 3. The Morgan fingerprint density at radius 3 is 3.20 bits per heavy atom. The number of halogens is 1. The van der Waals surface area contributed by atoms with Crippen LogP contribution in [0.4, 0.5) is 0 Å². The molecule has 3 rings (SSSR count). The number of aliphatic imine (C=N–C) groups is 1. The molecule has 0 amide bonds. The molecule has 0 unspecified atom stereocenters. The predicted molar refractivity (Wildman–Crippen MR) is 87.3 cm³/mol. The van der Waals surface area contributed by atoms with Gasteiger partial charge in [-0.2, -0.15) is 0 Å². The van der Waals surface area contributed by atoms with Crippen molar-refractivity contribution in [3.05, 3.63) is 34.4 Å². The fraction of sp³-hybridized carbons (Fsp3) is 0.400. The van der Waals surface area contributed by atoms with E-state index >= 15 is 0 Å². The normalized spacial score (nSPS) is 15.5. The number of guanidine groups is 1. The molecule has 1 aliphatic heterocycles. The van der Waals surface area contributed by atoms with Crippen LogP contribution in [0.25, 0.3) is 10.9 Å². The molecule has 2 heterocycles. The number of aromatic nitrogens is 1. The molecule has 0 aliphatic carbocycles. The lowest BCUT2D eigenvalue weighted by atomic mass is 10.1. The van der Waals surface area contributed by atoms with Crippen molar-refractivity contribution < 1.29 is 0 Å². The molecule has 2 N–H and O–H groups in total. The van der Waals surface area contributed by atoms with Gasteiger partial charge in [0.25, 0.3) is 0 Å². The Hall–Kier alpha value is -1.49. The van der Waals surface area contributed by atoms with E-state index in [1.54, 1.807) is 0 Å². The number of aromatic amines is 1.